The molecule has 118 valence electrons. The number of aromatic nitrogens is 1. The van der Waals surface area contributed by atoms with Gasteiger partial charge >= 0.3 is 6.01 Å². The van der Waals surface area contributed by atoms with Crippen molar-refractivity contribution in [2.45, 2.75) is 13.8 Å². The van der Waals surface area contributed by atoms with Crippen LogP contribution in [0.4, 0.5) is 6.01 Å². The number of hydrogen-bond donors (Lipinski definition) is 1. The zero-order valence-corrected chi connectivity index (χ0v) is 17.6. The molecule has 0 fully saturated rings. The maximum atomic E-state index is 12.2. The number of nitrogens with zero attached hydrogens (tertiary/aromatic N) is 1. The Labute approximate surface area is 178 Å². The van der Waals surface area contributed by atoms with E-state index in [2.05, 4.69) is 22.4 Å². The summed E-state index contributed by atoms with van der Waals surface area (Å²) in [5, 5.41) is 2.65. The predicted molar refractivity (Wildman–Crippen MR) is 83.5 cm³/mol. The van der Waals surface area contributed by atoms with Gasteiger partial charge in [-0.15, -0.1) is 0 Å². The third kappa shape index (κ3) is 4.90. The van der Waals surface area contributed by atoms with Crippen molar-refractivity contribution < 1.29 is 60.5 Å². The summed E-state index contributed by atoms with van der Waals surface area (Å²) in [6.07, 6.45) is 1.59. The molecule has 0 bridgehead atoms. The Morgan fingerprint density at radius 1 is 1.21 bits per heavy atom. The molecule has 24 heavy (non-hydrogen) atoms. The van der Waals surface area contributed by atoms with Gasteiger partial charge in [-0.2, -0.15) is 5.56 Å². The van der Waals surface area contributed by atoms with Gasteiger partial charge in [0.05, 0.1) is 6.20 Å². The van der Waals surface area contributed by atoms with E-state index in [9.17, 15) is 4.79 Å². The van der Waals surface area contributed by atoms with Crippen LogP contribution in [0.2, 0.25) is 0 Å². The maximum Gasteiger partial charge on any atom is 0.300 e. The van der Waals surface area contributed by atoms with Crippen LogP contribution in [0.1, 0.15) is 21.5 Å². The summed E-state index contributed by atoms with van der Waals surface area (Å²) in [4.78, 5) is 16.3. The average Bonchev–Trinajstić information content (AvgIpc) is 2.96. The first kappa shape index (κ1) is 20.9. The summed E-state index contributed by atoms with van der Waals surface area (Å²) in [6.45, 7) is 3.72. The van der Waals surface area contributed by atoms with Crippen molar-refractivity contribution in [1.29, 1.82) is 0 Å². The largest absolute Gasteiger partial charge is 0.423 e. The van der Waals surface area contributed by atoms with Gasteiger partial charge in [0, 0.05) is 56.8 Å². The number of aryl methyl sites for hydroxylation is 2. The fourth-order valence-corrected chi connectivity index (χ4v) is 2.14. The molecular weight excluding hydrogens is 416 g/mol. The Kier molecular flexibility index (Phi) is 8.11. The van der Waals surface area contributed by atoms with Gasteiger partial charge in [0.15, 0.2) is 5.76 Å². The molecule has 0 saturated carbocycles. The molecule has 0 saturated heterocycles. The van der Waals surface area contributed by atoms with E-state index in [1.165, 1.54) is 0 Å². The first-order chi connectivity index (χ1) is 10.6. The molecule has 0 aliphatic carbocycles. The van der Waals surface area contributed by atoms with Crippen LogP contribution < -0.4 is 5.32 Å². The molecule has 0 aliphatic rings. The standard InChI is InChI=1S/C18H14N2O2.V.Y/c1-12-8-9-15(13(2)10-12)17(21)20-18-19-11-16(22-18)14-6-4-3-5-7-14;;/h3-7,9,11H,1-2H3,(H,19,20,21);;/q-2;;. The van der Waals surface area contributed by atoms with E-state index < -0.39 is 0 Å². The summed E-state index contributed by atoms with van der Waals surface area (Å²) >= 11 is 0. The summed E-state index contributed by atoms with van der Waals surface area (Å²) < 4.78 is 5.56. The van der Waals surface area contributed by atoms with Gasteiger partial charge in [-0.3, -0.25) is 27.3 Å². The van der Waals surface area contributed by atoms with Crippen LogP contribution in [0.3, 0.4) is 0 Å². The first-order valence-corrected chi connectivity index (χ1v) is 6.87. The Morgan fingerprint density at radius 2 is 1.92 bits per heavy atom. The molecule has 0 unspecified atom stereocenters. The molecule has 2 radical (unpaired) electrons. The number of rotatable bonds is 3. The second kappa shape index (κ2) is 9.33. The van der Waals surface area contributed by atoms with Crippen molar-refractivity contribution in [3.05, 3.63) is 71.4 Å². The monoisotopic (exact) mass is 430 g/mol. The summed E-state index contributed by atoms with van der Waals surface area (Å²) in [5.74, 6) is 0.320. The molecule has 0 atom stereocenters. The third-order valence-electron chi connectivity index (χ3n) is 3.24. The second-order valence-corrected chi connectivity index (χ2v) is 4.93. The molecule has 4 nitrogen and oxygen atoms in total. The molecule has 3 rings (SSSR count). The summed E-state index contributed by atoms with van der Waals surface area (Å²) in [5.41, 5.74) is 3.05. The summed E-state index contributed by atoms with van der Waals surface area (Å²) in [6, 6.07) is 17.4. The number of carbonyl (C=O) groups is 1. The van der Waals surface area contributed by atoms with Crippen molar-refractivity contribution in [3.63, 3.8) is 0 Å². The Morgan fingerprint density at radius 3 is 2.58 bits per heavy atom. The zero-order valence-electron chi connectivity index (χ0n) is 13.3. The minimum Gasteiger partial charge on any atom is -0.423 e. The average molecular weight is 430 g/mol. The topological polar surface area (TPSA) is 55.1 Å². The number of benzene rings is 2. The fraction of sp³-hybridized carbons (Fsp3) is 0.111. The van der Waals surface area contributed by atoms with Crippen LogP contribution in [-0.2, 0) is 51.3 Å². The van der Waals surface area contributed by atoms with Crippen molar-refractivity contribution in [3.8, 4) is 11.3 Å². The summed E-state index contributed by atoms with van der Waals surface area (Å²) in [7, 11) is 0. The molecule has 1 N–H and O–H groups in total. The normalized spacial score (nSPS) is 9.58. The Balaban J connectivity index is 0.00000144. The fourth-order valence-electron chi connectivity index (χ4n) is 2.14. The van der Waals surface area contributed by atoms with E-state index >= 15 is 0 Å². The van der Waals surface area contributed by atoms with Crippen LogP contribution in [-0.4, -0.2) is 10.9 Å². The number of oxazole rings is 1. The Bertz CT molecular complexity index is 819. The van der Waals surface area contributed by atoms with Crippen LogP contribution in [0.15, 0.2) is 47.0 Å². The molecule has 1 amide bonds. The Hall–Kier alpha value is -1.19. The van der Waals surface area contributed by atoms with Gasteiger partial charge < -0.3 is 16.5 Å². The van der Waals surface area contributed by atoms with Crippen molar-refractivity contribution >= 4 is 11.9 Å². The van der Waals surface area contributed by atoms with E-state index in [1.807, 2.05) is 44.2 Å². The zero-order chi connectivity index (χ0) is 15.5. The van der Waals surface area contributed by atoms with Gasteiger partial charge in [-0.05, 0) is 0 Å². The van der Waals surface area contributed by atoms with Gasteiger partial charge in [-0.25, -0.2) is 4.98 Å². The minimum absolute atomic E-state index is 0. The SMILES string of the molecule is Cc1[c-]cc(C(=O)Nc2ncc(-c3ccccc3)o2)c(C)[c-]1.[V].[Y]. The predicted octanol–water partition coefficient (Wildman–Crippen LogP) is 3.81. The molecule has 6 heteroatoms. The minimum atomic E-state index is -0.286. The number of anilines is 1. The van der Waals surface area contributed by atoms with E-state index in [1.54, 1.807) is 12.3 Å². The van der Waals surface area contributed by atoms with Gasteiger partial charge in [-0.1, -0.05) is 44.2 Å². The van der Waals surface area contributed by atoms with Gasteiger partial charge in [0.25, 0.3) is 0 Å². The molecule has 0 spiro atoms. The van der Waals surface area contributed by atoms with E-state index in [4.69, 9.17) is 4.42 Å². The van der Waals surface area contributed by atoms with Crippen molar-refractivity contribution in [2.24, 2.45) is 0 Å². The van der Waals surface area contributed by atoms with Crippen molar-refractivity contribution in [1.82, 2.24) is 4.98 Å². The van der Waals surface area contributed by atoms with Gasteiger partial charge in [0.2, 0.25) is 0 Å². The number of amides is 1. The molecule has 1 aromatic heterocycles. The van der Waals surface area contributed by atoms with Crippen LogP contribution in [0.25, 0.3) is 11.3 Å². The van der Waals surface area contributed by atoms with Crippen LogP contribution in [0.5, 0.6) is 0 Å². The van der Waals surface area contributed by atoms with Crippen LogP contribution in [0, 0.1) is 26.0 Å². The molecule has 2 aromatic carbocycles. The first-order valence-electron chi connectivity index (χ1n) is 6.87. The number of hydrogen-bond acceptors (Lipinski definition) is 3. The smallest absolute Gasteiger partial charge is 0.300 e. The number of nitrogens with one attached hydrogen (secondary N) is 1. The molecule has 0 aliphatic heterocycles. The van der Waals surface area contributed by atoms with Gasteiger partial charge in [0.1, 0.15) is 5.91 Å². The molecule has 3 aromatic rings. The van der Waals surface area contributed by atoms with Crippen LogP contribution >= 0.6 is 0 Å². The third-order valence-corrected chi connectivity index (χ3v) is 3.24. The number of carbonyl (C=O) groups excluding carboxylic acids is 1. The maximum absolute atomic E-state index is 12.2. The second-order valence-electron chi connectivity index (χ2n) is 4.93. The van der Waals surface area contributed by atoms with Crippen molar-refractivity contribution in [2.75, 3.05) is 5.32 Å². The van der Waals surface area contributed by atoms with E-state index in [0.717, 1.165) is 16.7 Å². The molecular formula is C18H14N2O2VY-2. The van der Waals surface area contributed by atoms with E-state index in [-0.39, 0.29) is 63.2 Å². The molecule has 1 heterocycles. The quantitative estimate of drug-likeness (QED) is 0.644. The van der Waals surface area contributed by atoms with E-state index in [0.29, 0.717) is 11.3 Å².